The van der Waals surface area contributed by atoms with Gasteiger partial charge in [-0.3, -0.25) is 4.98 Å². The molecule has 3 rings (SSSR count). The van der Waals surface area contributed by atoms with Gasteiger partial charge < -0.3 is 24.4 Å². The monoisotopic (exact) mass is 400 g/mol. The normalized spacial score (nSPS) is 12.4. The maximum Gasteiger partial charge on any atom is 0.407 e. The molecule has 0 saturated heterocycles. The van der Waals surface area contributed by atoms with Gasteiger partial charge in [0.25, 0.3) is 0 Å². The van der Waals surface area contributed by atoms with Crippen LogP contribution < -0.4 is 0 Å². The molecular formula is C20H24N4O5. The van der Waals surface area contributed by atoms with E-state index < -0.39 is 12.1 Å². The van der Waals surface area contributed by atoms with E-state index in [1.54, 1.807) is 29.8 Å². The second-order valence-electron chi connectivity index (χ2n) is 6.24. The molecule has 0 saturated carbocycles. The van der Waals surface area contributed by atoms with Crippen molar-refractivity contribution in [2.75, 3.05) is 19.8 Å². The lowest BCUT2D eigenvalue weighted by Gasteiger charge is -2.27. The molecule has 154 valence electrons. The number of pyridine rings is 1. The van der Waals surface area contributed by atoms with Crippen LogP contribution in [0.25, 0.3) is 11.3 Å². The predicted molar refractivity (Wildman–Crippen MR) is 105 cm³/mol. The predicted octanol–water partition coefficient (Wildman–Crippen LogP) is 2.96. The molecule has 0 bridgehead atoms. The van der Waals surface area contributed by atoms with E-state index >= 15 is 0 Å². The Morgan fingerprint density at radius 1 is 1.28 bits per heavy atom. The Balaban J connectivity index is 0.000000537. The molecule has 29 heavy (non-hydrogen) atoms. The van der Waals surface area contributed by atoms with E-state index in [1.807, 2.05) is 19.9 Å². The van der Waals surface area contributed by atoms with Gasteiger partial charge in [-0.25, -0.2) is 9.59 Å². The third-order valence-electron chi connectivity index (χ3n) is 4.57. The van der Waals surface area contributed by atoms with Crippen LogP contribution in [0.4, 0.5) is 4.79 Å². The number of hydrogen-bond acceptors (Lipinski definition) is 5. The largest absolute Gasteiger partial charge is 0.478 e. The fourth-order valence-corrected chi connectivity index (χ4v) is 3.28. The minimum absolute atomic E-state index is 0.0424. The van der Waals surface area contributed by atoms with Crippen LogP contribution in [0.1, 0.15) is 41.2 Å². The maximum absolute atomic E-state index is 11.7. The molecule has 1 aliphatic rings. The minimum atomic E-state index is -1.24. The number of aromatic carboxylic acids is 1. The van der Waals surface area contributed by atoms with Crippen molar-refractivity contribution >= 4 is 12.1 Å². The van der Waals surface area contributed by atoms with Crippen molar-refractivity contribution < 1.29 is 24.5 Å². The summed E-state index contributed by atoms with van der Waals surface area (Å²) in [6, 6.07) is 5.47. The summed E-state index contributed by atoms with van der Waals surface area (Å²) in [5, 5.41) is 28.3. The van der Waals surface area contributed by atoms with Gasteiger partial charge in [0.1, 0.15) is 11.6 Å². The Hall–Kier alpha value is -3.38. The summed E-state index contributed by atoms with van der Waals surface area (Å²) in [5.74, 6) is -1.24. The molecular weight excluding hydrogens is 376 g/mol. The fraction of sp³-hybridized carbons (Fsp3) is 0.400. The minimum Gasteiger partial charge on any atom is -0.478 e. The first-order valence-electron chi connectivity index (χ1n) is 9.23. The Kier molecular flexibility index (Phi) is 7.33. The highest BCUT2D eigenvalue weighted by Crippen LogP contribution is 2.35. The summed E-state index contributed by atoms with van der Waals surface area (Å²) < 4.78 is 6.56. The number of nitrogens with zero attached hydrogens (tertiary/aromatic N) is 4. The average molecular weight is 400 g/mol. The number of aromatic nitrogens is 2. The van der Waals surface area contributed by atoms with E-state index in [4.69, 9.17) is 4.74 Å². The molecule has 3 heterocycles. The lowest BCUT2D eigenvalue weighted by Crippen LogP contribution is -2.37. The van der Waals surface area contributed by atoms with Crippen LogP contribution in [0.2, 0.25) is 0 Å². The van der Waals surface area contributed by atoms with Gasteiger partial charge in [0, 0.05) is 43.8 Å². The number of carboxylic acid groups (broad SMARTS) is 2. The van der Waals surface area contributed by atoms with E-state index in [9.17, 15) is 25.1 Å². The van der Waals surface area contributed by atoms with Crippen molar-refractivity contribution in [3.05, 3.63) is 40.8 Å². The number of carbonyl (C=O) groups is 2. The van der Waals surface area contributed by atoms with Crippen molar-refractivity contribution in [3.63, 3.8) is 0 Å². The van der Waals surface area contributed by atoms with Crippen LogP contribution in [0.3, 0.4) is 0 Å². The molecule has 2 aromatic heterocycles. The number of hydrogen-bond donors (Lipinski definition) is 2. The second kappa shape index (κ2) is 9.71. The molecule has 9 heteroatoms. The molecule has 0 radical (unpaired) electrons. The Labute approximate surface area is 168 Å². The van der Waals surface area contributed by atoms with Gasteiger partial charge in [-0.15, -0.1) is 0 Å². The standard InChI is InChI=1S/C16H14N4O4.C4H10O/c1-9-10(3-2-4-18-9)14-11(7-17)13(15(21)22)12-8-19(16(23)24)5-6-20(12)14;1-3-5-4-2/h2-4H,5-6,8H2,1H3,(H,21,22)(H,23,24);3-4H2,1-2H3. The number of nitriles is 1. The third-order valence-corrected chi connectivity index (χ3v) is 4.57. The van der Waals surface area contributed by atoms with Crippen molar-refractivity contribution in [2.24, 2.45) is 0 Å². The van der Waals surface area contributed by atoms with Crippen molar-refractivity contribution in [3.8, 4) is 17.3 Å². The average Bonchev–Trinajstić information content (AvgIpc) is 3.03. The first-order valence-corrected chi connectivity index (χ1v) is 9.23. The van der Waals surface area contributed by atoms with Crippen molar-refractivity contribution in [1.82, 2.24) is 14.5 Å². The zero-order chi connectivity index (χ0) is 21.6. The smallest absolute Gasteiger partial charge is 0.407 e. The molecule has 2 aromatic rings. The zero-order valence-corrected chi connectivity index (χ0v) is 16.7. The van der Waals surface area contributed by atoms with Gasteiger partial charge in [0.05, 0.1) is 23.5 Å². The first-order chi connectivity index (χ1) is 13.9. The van der Waals surface area contributed by atoms with Crippen LogP contribution >= 0.6 is 0 Å². The Morgan fingerprint density at radius 3 is 2.45 bits per heavy atom. The number of rotatable bonds is 4. The molecule has 0 aromatic carbocycles. The van der Waals surface area contributed by atoms with Gasteiger partial charge in [-0.2, -0.15) is 5.26 Å². The molecule has 0 spiro atoms. The fourth-order valence-electron chi connectivity index (χ4n) is 3.28. The number of amides is 1. The highest BCUT2D eigenvalue weighted by atomic mass is 16.5. The SMILES string of the molecule is CCOCC.Cc1ncccc1-c1c(C#N)c(C(=O)O)c2n1CCN(C(=O)O)C2. The molecule has 0 aliphatic carbocycles. The van der Waals surface area contributed by atoms with E-state index in [0.29, 0.717) is 22.6 Å². The highest BCUT2D eigenvalue weighted by Gasteiger charge is 2.33. The third kappa shape index (κ3) is 4.55. The maximum atomic E-state index is 11.7. The van der Waals surface area contributed by atoms with Gasteiger partial charge in [-0.05, 0) is 32.9 Å². The van der Waals surface area contributed by atoms with E-state index in [2.05, 4.69) is 4.98 Å². The van der Waals surface area contributed by atoms with Gasteiger partial charge >= 0.3 is 12.1 Å². The van der Waals surface area contributed by atoms with E-state index in [0.717, 1.165) is 18.1 Å². The summed E-state index contributed by atoms with van der Waals surface area (Å²) in [7, 11) is 0. The van der Waals surface area contributed by atoms with Gasteiger partial charge in [0.2, 0.25) is 0 Å². The van der Waals surface area contributed by atoms with E-state index in [-0.39, 0.29) is 30.8 Å². The lowest BCUT2D eigenvalue weighted by atomic mass is 10.0. The van der Waals surface area contributed by atoms with Crippen LogP contribution in [0.15, 0.2) is 18.3 Å². The topological polar surface area (TPSA) is 129 Å². The molecule has 9 nitrogen and oxygen atoms in total. The summed E-state index contributed by atoms with van der Waals surface area (Å²) in [6.45, 7) is 7.90. The first kappa shape index (κ1) is 21.9. The molecule has 1 amide bonds. The summed E-state index contributed by atoms with van der Waals surface area (Å²) >= 11 is 0. The van der Waals surface area contributed by atoms with Crippen molar-refractivity contribution in [1.29, 1.82) is 5.26 Å². The molecule has 0 atom stereocenters. The summed E-state index contributed by atoms with van der Waals surface area (Å²) in [5.41, 5.74) is 2.06. The van der Waals surface area contributed by atoms with E-state index in [1.165, 1.54) is 0 Å². The van der Waals surface area contributed by atoms with Crippen molar-refractivity contribution in [2.45, 2.75) is 33.9 Å². The lowest BCUT2D eigenvalue weighted by molar-refractivity contribution is 0.0691. The molecule has 2 N–H and O–H groups in total. The summed E-state index contributed by atoms with van der Waals surface area (Å²) in [4.78, 5) is 28.3. The Morgan fingerprint density at radius 2 is 1.97 bits per heavy atom. The zero-order valence-electron chi connectivity index (χ0n) is 16.7. The second-order valence-corrected chi connectivity index (χ2v) is 6.24. The van der Waals surface area contributed by atoms with Crippen LogP contribution in [-0.2, 0) is 17.8 Å². The quantitative estimate of drug-likeness (QED) is 0.807. The molecule has 0 fully saturated rings. The highest BCUT2D eigenvalue weighted by molar-refractivity contribution is 5.96. The number of aryl methyl sites for hydroxylation is 1. The number of fused-ring (bicyclic) bond motifs is 1. The van der Waals surface area contributed by atoms with Crippen LogP contribution in [0, 0.1) is 18.3 Å². The van der Waals surface area contributed by atoms with Gasteiger partial charge in [0.15, 0.2) is 0 Å². The summed E-state index contributed by atoms with van der Waals surface area (Å²) in [6.07, 6.45) is 0.506. The van der Waals surface area contributed by atoms with Gasteiger partial charge in [-0.1, -0.05) is 0 Å². The van der Waals surface area contributed by atoms with Crippen LogP contribution in [0.5, 0.6) is 0 Å². The number of ether oxygens (including phenoxy) is 1. The number of carboxylic acids is 1. The van der Waals surface area contributed by atoms with Crippen LogP contribution in [-0.4, -0.2) is 56.5 Å². The molecule has 0 unspecified atom stereocenters. The Bertz CT molecular complexity index is 943. The molecule has 1 aliphatic heterocycles.